The normalized spacial score (nSPS) is 11.0. The van der Waals surface area contributed by atoms with Crippen LogP contribution in [0.15, 0.2) is 30.5 Å². The Morgan fingerprint density at radius 3 is 3.00 bits per heavy atom. The highest BCUT2D eigenvalue weighted by molar-refractivity contribution is 5.90. The van der Waals surface area contributed by atoms with Crippen LogP contribution in [0.1, 0.15) is 12.5 Å². The van der Waals surface area contributed by atoms with Gasteiger partial charge in [-0.3, -0.25) is 14.9 Å². The third-order valence-electron chi connectivity index (χ3n) is 2.67. The molecule has 0 saturated heterocycles. The molecular weight excluding hydrogens is 246 g/mol. The zero-order chi connectivity index (χ0) is 13.8. The number of carbonyl (C=O) groups is 1. The second-order valence-electron chi connectivity index (χ2n) is 4.07. The minimum Gasteiger partial charge on any atom is -0.361 e. The zero-order valence-corrected chi connectivity index (χ0v) is 10.3. The number of fused-ring (bicyclic) bond motifs is 1. The molecule has 2 rings (SSSR count). The third kappa shape index (κ3) is 2.98. The Labute approximate surface area is 109 Å². The van der Waals surface area contributed by atoms with Crippen molar-refractivity contribution in [1.82, 2.24) is 10.3 Å². The number of amides is 1. The number of non-ortho nitro benzene ring substituents is 1. The Morgan fingerprint density at radius 1 is 1.53 bits per heavy atom. The Hall–Kier alpha value is -2.63. The lowest BCUT2D eigenvalue weighted by atomic mass is 10.1. The topological polar surface area (TPSA) is 88.0 Å². The predicted molar refractivity (Wildman–Crippen MR) is 72.7 cm³/mol. The lowest BCUT2D eigenvalue weighted by molar-refractivity contribution is -0.384. The molecule has 0 spiro atoms. The van der Waals surface area contributed by atoms with E-state index in [0.29, 0.717) is 6.54 Å². The molecule has 0 bridgehead atoms. The molecule has 19 heavy (non-hydrogen) atoms. The molecule has 0 atom stereocenters. The number of benzene rings is 1. The van der Waals surface area contributed by atoms with Crippen LogP contribution in [0.25, 0.3) is 17.0 Å². The summed E-state index contributed by atoms with van der Waals surface area (Å²) < 4.78 is 0. The van der Waals surface area contributed by atoms with Gasteiger partial charge >= 0.3 is 0 Å². The predicted octanol–water partition coefficient (Wildman–Crippen LogP) is 2.23. The van der Waals surface area contributed by atoms with E-state index in [-0.39, 0.29) is 11.6 Å². The summed E-state index contributed by atoms with van der Waals surface area (Å²) >= 11 is 0. The standard InChI is InChI=1S/C13H13N3O3/c1-9(17)14-6-2-3-10-8-15-13-5-4-11(16(18)19)7-12(10)13/h2-5,7-8,15H,6H2,1H3,(H,14,17). The van der Waals surface area contributed by atoms with Crippen LogP contribution in [-0.2, 0) is 4.79 Å². The van der Waals surface area contributed by atoms with Gasteiger partial charge in [-0.25, -0.2) is 0 Å². The molecule has 1 aromatic carbocycles. The van der Waals surface area contributed by atoms with Gasteiger partial charge in [-0.15, -0.1) is 0 Å². The van der Waals surface area contributed by atoms with E-state index in [0.717, 1.165) is 16.5 Å². The van der Waals surface area contributed by atoms with Crippen LogP contribution in [0.5, 0.6) is 0 Å². The van der Waals surface area contributed by atoms with Crippen molar-refractivity contribution >= 4 is 28.6 Å². The molecule has 0 aliphatic carbocycles. The van der Waals surface area contributed by atoms with Crippen molar-refractivity contribution in [3.8, 4) is 0 Å². The molecule has 0 fully saturated rings. The largest absolute Gasteiger partial charge is 0.361 e. The second-order valence-corrected chi connectivity index (χ2v) is 4.07. The van der Waals surface area contributed by atoms with E-state index in [1.165, 1.54) is 19.1 Å². The minimum atomic E-state index is -0.419. The summed E-state index contributed by atoms with van der Waals surface area (Å²) in [6.07, 6.45) is 5.39. The number of hydrogen-bond acceptors (Lipinski definition) is 3. The quantitative estimate of drug-likeness (QED) is 0.651. The number of H-pyrrole nitrogens is 1. The van der Waals surface area contributed by atoms with Crippen LogP contribution in [0.3, 0.4) is 0 Å². The van der Waals surface area contributed by atoms with Crippen molar-refractivity contribution in [2.45, 2.75) is 6.92 Å². The van der Waals surface area contributed by atoms with Crippen molar-refractivity contribution < 1.29 is 9.72 Å². The Kier molecular flexibility index (Phi) is 3.61. The van der Waals surface area contributed by atoms with E-state index in [4.69, 9.17) is 0 Å². The van der Waals surface area contributed by atoms with Gasteiger partial charge < -0.3 is 10.3 Å². The number of nitro groups is 1. The van der Waals surface area contributed by atoms with Crippen LogP contribution in [0.4, 0.5) is 5.69 Å². The van der Waals surface area contributed by atoms with E-state index < -0.39 is 4.92 Å². The molecule has 6 heteroatoms. The van der Waals surface area contributed by atoms with E-state index in [1.54, 1.807) is 18.3 Å². The highest BCUT2D eigenvalue weighted by Crippen LogP contribution is 2.24. The number of hydrogen-bond donors (Lipinski definition) is 2. The Balaban J connectivity index is 2.25. The van der Waals surface area contributed by atoms with Crippen molar-refractivity contribution in [2.24, 2.45) is 0 Å². The maximum Gasteiger partial charge on any atom is 0.270 e. The van der Waals surface area contributed by atoms with Crippen molar-refractivity contribution in [3.63, 3.8) is 0 Å². The summed E-state index contributed by atoms with van der Waals surface area (Å²) in [5.41, 5.74) is 1.75. The first-order valence-electron chi connectivity index (χ1n) is 5.74. The molecule has 0 radical (unpaired) electrons. The van der Waals surface area contributed by atoms with E-state index in [1.807, 2.05) is 6.08 Å². The molecule has 1 aromatic heterocycles. The molecule has 6 nitrogen and oxygen atoms in total. The van der Waals surface area contributed by atoms with E-state index in [2.05, 4.69) is 10.3 Å². The van der Waals surface area contributed by atoms with Gasteiger partial charge in [-0.05, 0) is 11.6 Å². The number of nitrogens with zero attached hydrogens (tertiary/aromatic N) is 1. The van der Waals surface area contributed by atoms with Gasteiger partial charge in [-0.1, -0.05) is 12.2 Å². The fourth-order valence-corrected chi connectivity index (χ4v) is 1.77. The lowest BCUT2D eigenvalue weighted by Gasteiger charge is -1.95. The average Bonchev–Trinajstić information content (AvgIpc) is 2.76. The molecule has 1 heterocycles. The van der Waals surface area contributed by atoms with Crippen LogP contribution in [0.2, 0.25) is 0 Å². The number of nitrogens with one attached hydrogen (secondary N) is 2. The molecule has 0 aliphatic heterocycles. The van der Waals surface area contributed by atoms with Gasteiger partial charge in [0.05, 0.1) is 4.92 Å². The lowest BCUT2D eigenvalue weighted by Crippen LogP contribution is -2.19. The number of aromatic amines is 1. The first-order chi connectivity index (χ1) is 9.08. The Morgan fingerprint density at radius 2 is 2.32 bits per heavy atom. The molecule has 0 unspecified atom stereocenters. The van der Waals surface area contributed by atoms with Gasteiger partial charge in [0.2, 0.25) is 5.91 Å². The van der Waals surface area contributed by atoms with Gasteiger partial charge in [0.15, 0.2) is 0 Å². The number of nitro benzene ring substituents is 1. The number of carbonyl (C=O) groups excluding carboxylic acids is 1. The van der Waals surface area contributed by atoms with Crippen LogP contribution in [0, 0.1) is 10.1 Å². The summed E-state index contributed by atoms with van der Waals surface area (Å²) in [4.78, 5) is 24.1. The molecule has 0 aliphatic rings. The summed E-state index contributed by atoms with van der Waals surface area (Å²) in [6.45, 7) is 1.87. The highest BCUT2D eigenvalue weighted by Gasteiger charge is 2.08. The Bertz CT molecular complexity index is 658. The maximum absolute atomic E-state index is 10.7. The van der Waals surface area contributed by atoms with Gasteiger partial charge in [0.1, 0.15) is 0 Å². The molecular formula is C13H13N3O3. The molecule has 98 valence electrons. The second kappa shape index (κ2) is 5.34. The van der Waals surface area contributed by atoms with Crippen molar-refractivity contribution in [2.75, 3.05) is 6.54 Å². The summed E-state index contributed by atoms with van der Waals surface area (Å²) in [6, 6.07) is 4.67. The fourth-order valence-electron chi connectivity index (χ4n) is 1.77. The van der Waals surface area contributed by atoms with E-state index >= 15 is 0 Å². The first kappa shape index (κ1) is 12.8. The zero-order valence-electron chi connectivity index (χ0n) is 10.3. The first-order valence-corrected chi connectivity index (χ1v) is 5.74. The monoisotopic (exact) mass is 259 g/mol. The number of rotatable bonds is 4. The SMILES string of the molecule is CC(=O)NCC=Cc1c[nH]c2ccc([N+](=O)[O-])cc12. The van der Waals surface area contributed by atoms with Gasteiger partial charge in [0.25, 0.3) is 5.69 Å². The minimum absolute atomic E-state index is 0.0589. The molecule has 2 N–H and O–H groups in total. The average molecular weight is 259 g/mol. The summed E-state index contributed by atoms with van der Waals surface area (Å²) in [5.74, 6) is -0.0979. The third-order valence-corrected chi connectivity index (χ3v) is 2.67. The van der Waals surface area contributed by atoms with Gasteiger partial charge in [0, 0.05) is 42.7 Å². The molecule has 2 aromatic rings. The van der Waals surface area contributed by atoms with Crippen LogP contribution in [-0.4, -0.2) is 22.4 Å². The smallest absolute Gasteiger partial charge is 0.270 e. The fraction of sp³-hybridized carbons (Fsp3) is 0.154. The van der Waals surface area contributed by atoms with E-state index in [9.17, 15) is 14.9 Å². The molecule has 0 saturated carbocycles. The maximum atomic E-state index is 10.7. The van der Waals surface area contributed by atoms with Crippen LogP contribution >= 0.6 is 0 Å². The van der Waals surface area contributed by atoms with Crippen LogP contribution < -0.4 is 5.32 Å². The van der Waals surface area contributed by atoms with Crippen molar-refractivity contribution in [1.29, 1.82) is 0 Å². The number of aromatic nitrogens is 1. The van der Waals surface area contributed by atoms with Crippen molar-refractivity contribution in [3.05, 3.63) is 46.1 Å². The van der Waals surface area contributed by atoms with Gasteiger partial charge in [-0.2, -0.15) is 0 Å². The highest BCUT2D eigenvalue weighted by atomic mass is 16.6. The summed E-state index contributed by atoms with van der Waals surface area (Å²) in [5, 5.41) is 14.2. The summed E-state index contributed by atoms with van der Waals surface area (Å²) in [7, 11) is 0. The molecule has 1 amide bonds.